The molecule has 98 valence electrons. The highest BCUT2D eigenvalue weighted by Crippen LogP contribution is 2.33. The van der Waals surface area contributed by atoms with Crippen molar-refractivity contribution in [1.29, 1.82) is 0 Å². The summed E-state index contributed by atoms with van der Waals surface area (Å²) in [5, 5.41) is 0. The fourth-order valence-corrected chi connectivity index (χ4v) is 3.09. The van der Waals surface area contributed by atoms with Gasteiger partial charge in [0, 0.05) is 19.0 Å². The molecule has 3 atom stereocenters. The first kappa shape index (κ1) is 11.8. The molecule has 2 aliphatic heterocycles. The summed E-state index contributed by atoms with van der Waals surface area (Å²) in [4.78, 5) is 14.2. The number of likely N-dealkylation sites (tertiary alicyclic amines) is 1. The molecule has 0 radical (unpaired) electrons. The van der Waals surface area contributed by atoms with E-state index in [2.05, 4.69) is 6.92 Å². The number of carbonyl (C=O) groups is 1. The van der Waals surface area contributed by atoms with Crippen LogP contribution in [0.5, 0.6) is 0 Å². The molecule has 1 aromatic rings. The number of hydrogen-bond donors (Lipinski definition) is 0. The largest absolute Gasteiger partial charge is 0.456 e. The highest BCUT2D eigenvalue weighted by molar-refractivity contribution is 5.91. The summed E-state index contributed by atoms with van der Waals surface area (Å²) in [5.41, 5.74) is 0. The Balaban J connectivity index is 1.69. The number of amides is 1. The molecule has 3 rings (SSSR count). The maximum absolute atomic E-state index is 12.3. The lowest BCUT2D eigenvalue weighted by molar-refractivity contribution is 0.00782. The molecule has 0 aromatic carbocycles. The van der Waals surface area contributed by atoms with E-state index < -0.39 is 0 Å². The Hall–Kier alpha value is -1.29. The molecule has 0 bridgehead atoms. The highest BCUT2D eigenvalue weighted by Gasteiger charge is 2.39. The lowest BCUT2D eigenvalue weighted by Gasteiger charge is -2.33. The molecule has 0 spiro atoms. The normalized spacial score (nSPS) is 31.4. The molecular weight excluding hydrogens is 230 g/mol. The quantitative estimate of drug-likeness (QED) is 0.766. The summed E-state index contributed by atoms with van der Waals surface area (Å²) >= 11 is 0. The Kier molecular flexibility index (Phi) is 2.90. The first-order valence-corrected chi connectivity index (χ1v) is 6.64. The number of ether oxygens (including phenoxy) is 1. The van der Waals surface area contributed by atoms with E-state index in [0.29, 0.717) is 23.9 Å². The van der Waals surface area contributed by atoms with Crippen LogP contribution in [0.15, 0.2) is 16.5 Å². The van der Waals surface area contributed by atoms with E-state index in [1.807, 2.05) is 17.9 Å². The smallest absolute Gasteiger partial charge is 0.289 e. The van der Waals surface area contributed by atoms with E-state index in [9.17, 15) is 4.79 Å². The van der Waals surface area contributed by atoms with Gasteiger partial charge in [0.2, 0.25) is 0 Å². The first-order valence-electron chi connectivity index (χ1n) is 6.64. The molecule has 2 aliphatic rings. The SMILES string of the molecule is Cc1ccc(C(=O)N2CC[C@@H]3O[C@@H](C)C[C@H]3C2)o1. The molecule has 0 N–H and O–H groups in total. The van der Waals surface area contributed by atoms with Gasteiger partial charge in [-0.2, -0.15) is 0 Å². The number of fused-ring (bicyclic) bond motifs is 1. The molecule has 2 saturated heterocycles. The van der Waals surface area contributed by atoms with Crippen LogP contribution in [0.1, 0.15) is 36.1 Å². The average Bonchev–Trinajstić information content (AvgIpc) is 2.92. The second-order valence-corrected chi connectivity index (χ2v) is 5.43. The fourth-order valence-electron chi connectivity index (χ4n) is 3.09. The highest BCUT2D eigenvalue weighted by atomic mass is 16.5. The van der Waals surface area contributed by atoms with Crippen LogP contribution in [0.25, 0.3) is 0 Å². The molecule has 0 unspecified atom stereocenters. The molecule has 0 saturated carbocycles. The predicted molar refractivity (Wildman–Crippen MR) is 66.4 cm³/mol. The molecule has 4 nitrogen and oxygen atoms in total. The summed E-state index contributed by atoms with van der Waals surface area (Å²) in [6.45, 7) is 5.54. The predicted octanol–water partition coefficient (Wildman–Crippen LogP) is 2.23. The number of aryl methyl sites for hydroxylation is 1. The van der Waals surface area contributed by atoms with Crippen LogP contribution in [-0.4, -0.2) is 36.1 Å². The zero-order valence-electron chi connectivity index (χ0n) is 10.9. The van der Waals surface area contributed by atoms with Crippen molar-refractivity contribution in [2.24, 2.45) is 5.92 Å². The van der Waals surface area contributed by atoms with Crippen molar-refractivity contribution in [3.63, 3.8) is 0 Å². The Morgan fingerprint density at radius 1 is 1.44 bits per heavy atom. The third-order valence-electron chi connectivity index (χ3n) is 3.94. The monoisotopic (exact) mass is 249 g/mol. The maximum Gasteiger partial charge on any atom is 0.289 e. The van der Waals surface area contributed by atoms with Crippen molar-refractivity contribution in [2.75, 3.05) is 13.1 Å². The van der Waals surface area contributed by atoms with E-state index in [0.717, 1.165) is 31.7 Å². The second-order valence-electron chi connectivity index (χ2n) is 5.43. The molecule has 1 aromatic heterocycles. The van der Waals surface area contributed by atoms with Crippen LogP contribution in [0.3, 0.4) is 0 Å². The summed E-state index contributed by atoms with van der Waals surface area (Å²) < 4.78 is 11.3. The van der Waals surface area contributed by atoms with Crippen molar-refractivity contribution in [3.8, 4) is 0 Å². The standard InChI is InChI=1S/C14H19NO3/c1-9-3-4-13(17-9)14(16)15-6-5-12-11(8-15)7-10(2)18-12/h3-4,10-12H,5-8H2,1-2H3/t10-,11-,12-/m0/s1. The number of nitrogens with zero attached hydrogens (tertiary/aromatic N) is 1. The van der Waals surface area contributed by atoms with E-state index in [1.54, 1.807) is 6.07 Å². The van der Waals surface area contributed by atoms with Gasteiger partial charge in [-0.3, -0.25) is 4.79 Å². The van der Waals surface area contributed by atoms with Gasteiger partial charge in [0.25, 0.3) is 5.91 Å². The first-order chi connectivity index (χ1) is 8.63. The van der Waals surface area contributed by atoms with Crippen LogP contribution in [0, 0.1) is 12.8 Å². The zero-order chi connectivity index (χ0) is 12.7. The lowest BCUT2D eigenvalue weighted by Crippen LogP contribution is -2.44. The van der Waals surface area contributed by atoms with Gasteiger partial charge < -0.3 is 14.1 Å². The van der Waals surface area contributed by atoms with Gasteiger partial charge >= 0.3 is 0 Å². The lowest BCUT2D eigenvalue weighted by atomic mass is 9.93. The van der Waals surface area contributed by atoms with Gasteiger partial charge in [-0.25, -0.2) is 0 Å². The zero-order valence-corrected chi connectivity index (χ0v) is 10.9. The van der Waals surface area contributed by atoms with Crippen molar-refractivity contribution in [2.45, 2.75) is 38.9 Å². The van der Waals surface area contributed by atoms with Crippen LogP contribution in [-0.2, 0) is 4.74 Å². The van der Waals surface area contributed by atoms with E-state index in [4.69, 9.17) is 9.15 Å². The molecule has 1 amide bonds. The fraction of sp³-hybridized carbons (Fsp3) is 0.643. The van der Waals surface area contributed by atoms with Crippen molar-refractivity contribution in [3.05, 3.63) is 23.7 Å². The maximum atomic E-state index is 12.3. The van der Waals surface area contributed by atoms with Crippen LogP contribution < -0.4 is 0 Å². The van der Waals surface area contributed by atoms with E-state index in [1.165, 1.54) is 0 Å². The van der Waals surface area contributed by atoms with Crippen LogP contribution in [0.4, 0.5) is 0 Å². The average molecular weight is 249 g/mol. The molecule has 0 aliphatic carbocycles. The summed E-state index contributed by atoms with van der Waals surface area (Å²) in [6.07, 6.45) is 2.69. The molecule has 18 heavy (non-hydrogen) atoms. The third-order valence-corrected chi connectivity index (χ3v) is 3.94. The van der Waals surface area contributed by atoms with Gasteiger partial charge in [-0.05, 0) is 38.8 Å². The van der Waals surface area contributed by atoms with Gasteiger partial charge in [0.05, 0.1) is 12.2 Å². The minimum atomic E-state index is 0.0149. The van der Waals surface area contributed by atoms with Gasteiger partial charge in [0.1, 0.15) is 5.76 Å². The molecule has 3 heterocycles. The Morgan fingerprint density at radius 3 is 3.00 bits per heavy atom. The topological polar surface area (TPSA) is 42.7 Å². The number of rotatable bonds is 1. The van der Waals surface area contributed by atoms with Crippen molar-refractivity contribution >= 4 is 5.91 Å². The minimum Gasteiger partial charge on any atom is -0.456 e. The van der Waals surface area contributed by atoms with E-state index >= 15 is 0 Å². The Labute approximate surface area is 107 Å². The molecule has 2 fully saturated rings. The van der Waals surface area contributed by atoms with Crippen LogP contribution in [0.2, 0.25) is 0 Å². The molecule has 4 heteroatoms. The minimum absolute atomic E-state index is 0.0149. The van der Waals surface area contributed by atoms with Gasteiger partial charge in [0.15, 0.2) is 5.76 Å². The summed E-state index contributed by atoms with van der Waals surface area (Å²) in [7, 11) is 0. The van der Waals surface area contributed by atoms with Gasteiger partial charge in [-0.15, -0.1) is 0 Å². The van der Waals surface area contributed by atoms with Crippen molar-refractivity contribution < 1.29 is 13.9 Å². The van der Waals surface area contributed by atoms with Crippen LogP contribution >= 0.6 is 0 Å². The Morgan fingerprint density at radius 2 is 2.28 bits per heavy atom. The van der Waals surface area contributed by atoms with E-state index in [-0.39, 0.29) is 5.91 Å². The number of furan rings is 1. The number of piperidine rings is 1. The van der Waals surface area contributed by atoms with Gasteiger partial charge in [-0.1, -0.05) is 0 Å². The summed E-state index contributed by atoms with van der Waals surface area (Å²) in [5.74, 6) is 1.75. The third kappa shape index (κ3) is 2.05. The number of carbonyl (C=O) groups excluding carboxylic acids is 1. The summed E-state index contributed by atoms with van der Waals surface area (Å²) in [6, 6.07) is 3.60. The molecular formula is C14H19NO3. The van der Waals surface area contributed by atoms with Crippen molar-refractivity contribution in [1.82, 2.24) is 4.90 Å². The second kappa shape index (κ2) is 4.43. The Bertz CT molecular complexity index is 454. The number of hydrogen-bond acceptors (Lipinski definition) is 3.